The Morgan fingerprint density at radius 2 is 1.74 bits per heavy atom. The maximum absolute atomic E-state index is 13.0. The van der Waals surface area contributed by atoms with Crippen LogP contribution in [0.3, 0.4) is 0 Å². The number of pyridine rings is 1. The molecule has 1 heterocycles. The number of Topliss-reactive ketones (excluding diaryl/α,β-unsaturated/α-hetero) is 1. The highest BCUT2D eigenvalue weighted by Crippen LogP contribution is 2.25. The van der Waals surface area contributed by atoms with Gasteiger partial charge in [-0.2, -0.15) is 0 Å². The number of benzene rings is 2. The normalized spacial score (nSPS) is 10.4. The zero-order valence-electron chi connectivity index (χ0n) is 14.7. The Balaban J connectivity index is 1.87. The Hall–Kier alpha value is -3.47. The number of carbonyl (C=O) groups excluding carboxylic acids is 2. The fraction of sp³-hybridized carbons (Fsp3) is 0.0909. The van der Waals surface area contributed by atoms with Gasteiger partial charge in [0.2, 0.25) is 5.91 Å². The number of amides is 1. The average Bonchev–Trinajstić information content (AvgIpc) is 2.69. The molecule has 1 amide bonds. The van der Waals surface area contributed by atoms with Crippen molar-refractivity contribution in [3.8, 4) is 0 Å². The van der Waals surface area contributed by atoms with E-state index < -0.39 is 0 Å². The summed E-state index contributed by atoms with van der Waals surface area (Å²) in [6.07, 6.45) is 2.77. The van der Waals surface area contributed by atoms with Gasteiger partial charge in [-0.25, -0.2) is 0 Å². The lowest BCUT2D eigenvalue weighted by atomic mass is 10.1. The van der Waals surface area contributed by atoms with E-state index in [1.165, 1.54) is 11.1 Å². The first-order valence-electron chi connectivity index (χ1n) is 8.47. The number of nitrogen functional groups attached to an aromatic ring is 1. The maximum Gasteiger partial charge on any atom is 0.235 e. The number of hydrogen-bond acceptors (Lipinski definition) is 4. The monoisotopic (exact) mass is 357 g/mol. The molecule has 0 bridgehead atoms. The second kappa shape index (κ2) is 8.27. The highest BCUT2D eigenvalue weighted by molar-refractivity contribution is 6.12. The van der Waals surface area contributed by atoms with Crippen LogP contribution in [0.2, 0.25) is 0 Å². The van der Waals surface area contributed by atoms with Crippen molar-refractivity contribution >= 4 is 23.1 Å². The van der Waals surface area contributed by atoms with Gasteiger partial charge in [-0.3, -0.25) is 14.6 Å². The number of nitrogens with two attached hydrogens (primary N) is 1. The Morgan fingerprint density at radius 3 is 2.41 bits per heavy atom. The molecule has 0 aliphatic carbocycles. The largest absolute Gasteiger partial charge is 0.397 e. The summed E-state index contributed by atoms with van der Waals surface area (Å²) in [5.74, 6) is -0.622. The van der Waals surface area contributed by atoms with Crippen LogP contribution in [0.25, 0.3) is 0 Å². The molecule has 0 spiro atoms. The summed E-state index contributed by atoms with van der Waals surface area (Å²) < 4.78 is 0. The summed E-state index contributed by atoms with van der Waals surface area (Å²) in [6, 6.07) is 17.6. The van der Waals surface area contributed by atoms with Gasteiger partial charge >= 0.3 is 0 Å². The van der Waals surface area contributed by atoms with Crippen molar-refractivity contribution in [2.24, 2.45) is 0 Å². The highest BCUT2D eigenvalue weighted by Gasteiger charge is 2.21. The first-order chi connectivity index (χ1) is 13.0. The molecule has 1 aromatic heterocycles. The lowest BCUT2D eigenvalue weighted by molar-refractivity contribution is -0.117. The minimum absolute atomic E-state index is 0.269. The minimum atomic E-state index is -0.335. The van der Waals surface area contributed by atoms with Crippen molar-refractivity contribution in [3.05, 3.63) is 96.7 Å². The molecule has 0 aliphatic heterocycles. The van der Waals surface area contributed by atoms with E-state index in [0.29, 0.717) is 22.5 Å². The van der Waals surface area contributed by atoms with Crippen LogP contribution in [0, 0.1) is 6.92 Å². The third-order valence-corrected chi connectivity index (χ3v) is 4.14. The zero-order chi connectivity index (χ0) is 19.2. The first kappa shape index (κ1) is 18.3. The van der Waals surface area contributed by atoms with Gasteiger partial charge in [0.25, 0.3) is 0 Å². The van der Waals surface area contributed by atoms with Crippen LogP contribution < -0.4 is 10.6 Å². The van der Waals surface area contributed by atoms with Crippen molar-refractivity contribution in [1.82, 2.24) is 4.98 Å². The smallest absolute Gasteiger partial charge is 0.235 e. The van der Waals surface area contributed by atoms with Crippen LogP contribution in [0.1, 0.15) is 27.9 Å². The van der Waals surface area contributed by atoms with Crippen LogP contribution in [-0.4, -0.2) is 16.7 Å². The first-order valence-corrected chi connectivity index (χ1v) is 8.47. The van der Waals surface area contributed by atoms with Crippen LogP contribution in [-0.2, 0) is 11.3 Å². The third-order valence-electron chi connectivity index (χ3n) is 4.14. The molecule has 3 rings (SSSR count). The molecule has 3 aromatic rings. The lowest BCUT2D eigenvalue weighted by Crippen LogP contribution is -2.32. The predicted octanol–water partition coefficient (Wildman–Crippen LogP) is 3.53. The molecule has 0 saturated carbocycles. The van der Waals surface area contributed by atoms with Gasteiger partial charge in [0.1, 0.15) is 0 Å². The lowest BCUT2D eigenvalue weighted by Gasteiger charge is -2.24. The van der Waals surface area contributed by atoms with Gasteiger partial charge in [-0.1, -0.05) is 36.4 Å². The Labute approximate surface area is 158 Å². The number of rotatable bonds is 6. The van der Waals surface area contributed by atoms with Gasteiger partial charge < -0.3 is 10.6 Å². The summed E-state index contributed by atoms with van der Waals surface area (Å²) in [4.78, 5) is 30.8. The van der Waals surface area contributed by atoms with Crippen molar-refractivity contribution in [3.63, 3.8) is 0 Å². The molecule has 27 heavy (non-hydrogen) atoms. The summed E-state index contributed by atoms with van der Waals surface area (Å²) in [7, 11) is 0. The average molecular weight is 357 g/mol. The number of aromatic nitrogens is 1. The molecule has 5 heteroatoms. The molecular weight excluding hydrogens is 338 g/mol. The van der Waals surface area contributed by atoms with E-state index >= 15 is 0 Å². The van der Waals surface area contributed by atoms with E-state index in [-0.39, 0.29) is 24.7 Å². The van der Waals surface area contributed by atoms with Crippen LogP contribution in [0.4, 0.5) is 11.4 Å². The Morgan fingerprint density at radius 1 is 1.00 bits per heavy atom. The number of carbonyl (C=O) groups is 2. The topological polar surface area (TPSA) is 76.3 Å². The maximum atomic E-state index is 13.0. The molecule has 134 valence electrons. The van der Waals surface area contributed by atoms with Crippen LogP contribution in [0.5, 0.6) is 0 Å². The summed E-state index contributed by atoms with van der Waals surface area (Å²) >= 11 is 0. The van der Waals surface area contributed by atoms with E-state index in [0.717, 1.165) is 5.56 Å². The van der Waals surface area contributed by atoms with Crippen molar-refractivity contribution in [1.29, 1.82) is 0 Å². The summed E-state index contributed by atoms with van der Waals surface area (Å²) in [6.45, 7) is 6.02. The molecular formula is C22H19N3O2. The van der Waals surface area contributed by atoms with E-state index in [4.69, 9.17) is 12.7 Å². The van der Waals surface area contributed by atoms with E-state index in [1.807, 2.05) is 12.1 Å². The molecule has 0 atom stereocenters. The molecule has 2 aromatic carbocycles. The third kappa shape index (κ3) is 4.58. The quantitative estimate of drug-likeness (QED) is 0.416. The standard InChI is InChI=1S/C22H19N3O2/c1-16-8-10-17(11-9-16)15-25(20-7-3-2-6-19(20)23)22(27)13-21(26)18-5-4-12-24-14-18/h1-12,14H,13,15,23H2. The summed E-state index contributed by atoms with van der Waals surface area (Å²) in [5.41, 5.74) is 9.03. The second-order valence-corrected chi connectivity index (χ2v) is 6.12. The fourth-order valence-electron chi connectivity index (χ4n) is 2.71. The van der Waals surface area contributed by atoms with E-state index in [1.54, 1.807) is 54.7 Å². The van der Waals surface area contributed by atoms with Crippen molar-refractivity contribution in [2.75, 3.05) is 10.6 Å². The van der Waals surface area contributed by atoms with Gasteiger partial charge in [-0.15, -0.1) is 0 Å². The SMILES string of the molecule is [CH]c1ccc(CN(C(=O)CC(=O)c2cccnc2)c2ccccc2N)cc1. The number of nitrogens with zero attached hydrogens (tertiary/aromatic N) is 2. The van der Waals surface area contributed by atoms with Crippen molar-refractivity contribution < 1.29 is 9.59 Å². The molecule has 5 nitrogen and oxygen atoms in total. The number of hydrogen-bond donors (Lipinski definition) is 1. The van der Waals surface area contributed by atoms with E-state index in [9.17, 15) is 9.59 Å². The number of para-hydroxylation sites is 2. The van der Waals surface area contributed by atoms with Crippen LogP contribution >= 0.6 is 0 Å². The van der Waals surface area contributed by atoms with Gasteiger partial charge in [0, 0.05) is 18.0 Å². The number of anilines is 2. The van der Waals surface area contributed by atoms with Crippen LogP contribution in [0.15, 0.2) is 73.1 Å². The fourth-order valence-corrected chi connectivity index (χ4v) is 2.71. The molecule has 2 N–H and O–H groups in total. The number of ketones is 1. The van der Waals surface area contributed by atoms with Gasteiger partial charge in [0.05, 0.1) is 24.3 Å². The Kier molecular flexibility index (Phi) is 5.61. The van der Waals surface area contributed by atoms with Gasteiger partial charge in [0.15, 0.2) is 5.78 Å². The highest BCUT2D eigenvalue weighted by atomic mass is 16.2. The zero-order valence-corrected chi connectivity index (χ0v) is 14.7. The molecule has 0 saturated heterocycles. The predicted molar refractivity (Wildman–Crippen MR) is 105 cm³/mol. The molecule has 0 unspecified atom stereocenters. The second-order valence-electron chi connectivity index (χ2n) is 6.12. The molecule has 2 radical (unpaired) electrons. The molecule has 0 aliphatic rings. The van der Waals surface area contributed by atoms with Gasteiger partial charge in [-0.05, 0) is 42.3 Å². The van der Waals surface area contributed by atoms with E-state index in [2.05, 4.69) is 4.98 Å². The van der Waals surface area contributed by atoms with Crippen molar-refractivity contribution in [2.45, 2.75) is 13.0 Å². The summed E-state index contributed by atoms with van der Waals surface area (Å²) in [5, 5.41) is 0. The molecule has 0 fully saturated rings. The Bertz CT molecular complexity index is 937. The minimum Gasteiger partial charge on any atom is -0.397 e.